The molecule has 0 aromatic heterocycles. The summed E-state index contributed by atoms with van der Waals surface area (Å²) in [7, 11) is -3.51. The van der Waals surface area contributed by atoms with Crippen molar-refractivity contribution in [2.75, 3.05) is 12.3 Å². The van der Waals surface area contributed by atoms with E-state index in [0.717, 1.165) is 5.57 Å². The smallest absolute Gasteiger partial charge is 0.242 e. The Morgan fingerprint density at radius 3 is 2.56 bits per heavy atom. The fourth-order valence-electron chi connectivity index (χ4n) is 1.16. The molecule has 3 N–H and O–H groups in total. The molecule has 88 valence electrons. The molecule has 0 saturated carbocycles. The summed E-state index contributed by atoms with van der Waals surface area (Å²) in [5.74, 6) is 0. The predicted molar refractivity (Wildman–Crippen MR) is 65.5 cm³/mol. The number of nitrogens with two attached hydrogens (primary N) is 1. The van der Waals surface area contributed by atoms with Crippen molar-refractivity contribution in [2.45, 2.75) is 18.7 Å². The first-order valence-electron chi connectivity index (χ1n) is 4.91. The third-order valence-corrected chi connectivity index (χ3v) is 3.49. The summed E-state index contributed by atoms with van der Waals surface area (Å²) >= 11 is 0. The molecule has 0 aliphatic rings. The van der Waals surface area contributed by atoms with E-state index in [4.69, 9.17) is 5.73 Å². The molecular formula is C11H16N2O2S. The fourth-order valence-corrected chi connectivity index (χ4v) is 2.25. The van der Waals surface area contributed by atoms with Crippen molar-refractivity contribution in [1.82, 2.24) is 4.72 Å². The molecule has 4 nitrogen and oxygen atoms in total. The van der Waals surface area contributed by atoms with Crippen molar-refractivity contribution in [1.29, 1.82) is 0 Å². The van der Waals surface area contributed by atoms with Gasteiger partial charge in [-0.25, -0.2) is 13.1 Å². The number of anilines is 1. The topological polar surface area (TPSA) is 72.2 Å². The molecule has 0 amide bonds. The van der Waals surface area contributed by atoms with E-state index >= 15 is 0 Å². The zero-order chi connectivity index (χ0) is 12.2. The molecule has 0 bridgehead atoms. The lowest BCUT2D eigenvalue weighted by Crippen LogP contribution is -2.24. The maximum atomic E-state index is 11.8. The molecule has 1 aromatic carbocycles. The van der Waals surface area contributed by atoms with Gasteiger partial charge in [-0.3, -0.25) is 0 Å². The van der Waals surface area contributed by atoms with Gasteiger partial charge in [-0.1, -0.05) is 23.8 Å². The van der Waals surface area contributed by atoms with Gasteiger partial charge in [0.1, 0.15) is 4.90 Å². The monoisotopic (exact) mass is 240 g/mol. The van der Waals surface area contributed by atoms with Gasteiger partial charge in [0.25, 0.3) is 0 Å². The van der Waals surface area contributed by atoms with E-state index in [1.165, 1.54) is 6.07 Å². The fraction of sp³-hybridized carbons (Fsp3) is 0.273. The maximum absolute atomic E-state index is 11.8. The van der Waals surface area contributed by atoms with Crippen LogP contribution in [0.25, 0.3) is 0 Å². The van der Waals surface area contributed by atoms with Gasteiger partial charge >= 0.3 is 0 Å². The van der Waals surface area contributed by atoms with E-state index < -0.39 is 10.0 Å². The molecule has 0 spiro atoms. The van der Waals surface area contributed by atoms with Crippen LogP contribution in [0.4, 0.5) is 5.69 Å². The molecule has 1 aromatic rings. The number of rotatable bonds is 4. The highest BCUT2D eigenvalue weighted by atomic mass is 32.2. The van der Waals surface area contributed by atoms with E-state index in [-0.39, 0.29) is 17.1 Å². The van der Waals surface area contributed by atoms with Gasteiger partial charge in [-0.05, 0) is 26.0 Å². The lowest BCUT2D eigenvalue weighted by Gasteiger charge is -2.07. The highest BCUT2D eigenvalue weighted by molar-refractivity contribution is 7.89. The van der Waals surface area contributed by atoms with Crippen LogP contribution in [0.5, 0.6) is 0 Å². The SMILES string of the molecule is CC(C)=CCNS(=O)(=O)c1ccccc1N. The Labute approximate surface area is 96.2 Å². The standard InChI is InChI=1S/C11H16N2O2S/c1-9(2)7-8-13-16(14,15)11-6-4-3-5-10(11)12/h3-7,13H,8,12H2,1-2H3. The molecule has 0 radical (unpaired) electrons. The molecule has 16 heavy (non-hydrogen) atoms. The minimum atomic E-state index is -3.51. The van der Waals surface area contributed by atoms with E-state index in [1.807, 2.05) is 13.8 Å². The Morgan fingerprint density at radius 2 is 2.00 bits per heavy atom. The Kier molecular flexibility index (Phi) is 4.09. The first-order chi connectivity index (χ1) is 7.43. The normalized spacial score (nSPS) is 11.1. The van der Waals surface area contributed by atoms with E-state index in [9.17, 15) is 8.42 Å². The zero-order valence-electron chi connectivity index (χ0n) is 9.40. The first-order valence-corrected chi connectivity index (χ1v) is 6.39. The Bertz CT molecular complexity index is 488. The molecule has 0 unspecified atom stereocenters. The first kappa shape index (κ1) is 12.7. The third kappa shape index (κ3) is 3.36. The molecule has 5 heteroatoms. The lowest BCUT2D eigenvalue weighted by atomic mass is 10.3. The van der Waals surface area contributed by atoms with Crippen molar-refractivity contribution >= 4 is 15.7 Å². The van der Waals surface area contributed by atoms with Gasteiger partial charge < -0.3 is 5.73 Å². The number of nitrogen functional groups attached to an aromatic ring is 1. The largest absolute Gasteiger partial charge is 0.398 e. The molecule has 0 fully saturated rings. The van der Waals surface area contributed by atoms with Crippen LogP contribution in [0.3, 0.4) is 0 Å². The van der Waals surface area contributed by atoms with Crippen molar-refractivity contribution in [2.24, 2.45) is 0 Å². The number of sulfonamides is 1. The molecular weight excluding hydrogens is 224 g/mol. The number of allylic oxidation sites excluding steroid dienone is 1. The van der Waals surface area contributed by atoms with Gasteiger partial charge in [-0.15, -0.1) is 0 Å². The Morgan fingerprint density at radius 1 is 1.38 bits per heavy atom. The molecule has 1 rings (SSSR count). The summed E-state index contributed by atoms with van der Waals surface area (Å²) < 4.78 is 26.1. The average molecular weight is 240 g/mol. The van der Waals surface area contributed by atoms with Crippen LogP contribution in [0.2, 0.25) is 0 Å². The predicted octanol–water partition coefficient (Wildman–Crippen LogP) is 1.51. The molecule has 0 aliphatic carbocycles. The van der Waals surface area contributed by atoms with Crippen LogP contribution >= 0.6 is 0 Å². The highest BCUT2D eigenvalue weighted by Gasteiger charge is 2.15. The van der Waals surface area contributed by atoms with E-state index in [1.54, 1.807) is 24.3 Å². The van der Waals surface area contributed by atoms with Crippen LogP contribution in [0, 0.1) is 0 Å². The number of para-hydroxylation sites is 1. The van der Waals surface area contributed by atoms with Crippen LogP contribution in [-0.4, -0.2) is 15.0 Å². The van der Waals surface area contributed by atoms with Crippen LogP contribution < -0.4 is 10.5 Å². The lowest BCUT2D eigenvalue weighted by molar-refractivity contribution is 0.586. The van der Waals surface area contributed by atoms with E-state index in [2.05, 4.69) is 4.72 Å². The summed E-state index contributed by atoms with van der Waals surface area (Å²) in [4.78, 5) is 0.122. The zero-order valence-corrected chi connectivity index (χ0v) is 10.2. The third-order valence-electron chi connectivity index (χ3n) is 1.99. The second-order valence-electron chi connectivity index (χ2n) is 3.67. The minimum Gasteiger partial charge on any atom is -0.398 e. The molecule has 0 aliphatic heterocycles. The molecule has 0 atom stereocenters. The van der Waals surface area contributed by atoms with Crippen molar-refractivity contribution in [3.8, 4) is 0 Å². The van der Waals surface area contributed by atoms with Gasteiger partial charge in [0.15, 0.2) is 0 Å². The van der Waals surface area contributed by atoms with Crippen LogP contribution in [-0.2, 0) is 10.0 Å². The number of benzene rings is 1. The quantitative estimate of drug-likeness (QED) is 0.619. The Hall–Kier alpha value is -1.33. The number of hydrogen-bond acceptors (Lipinski definition) is 3. The highest BCUT2D eigenvalue weighted by Crippen LogP contribution is 2.16. The summed E-state index contributed by atoms with van der Waals surface area (Å²) in [5, 5.41) is 0. The summed E-state index contributed by atoms with van der Waals surface area (Å²) in [6, 6.07) is 6.39. The number of hydrogen-bond donors (Lipinski definition) is 2. The van der Waals surface area contributed by atoms with Gasteiger partial charge in [0.2, 0.25) is 10.0 Å². The van der Waals surface area contributed by atoms with Gasteiger partial charge in [0, 0.05) is 6.54 Å². The average Bonchev–Trinajstić information content (AvgIpc) is 2.17. The number of nitrogens with one attached hydrogen (secondary N) is 1. The van der Waals surface area contributed by atoms with Crippen LogP contribution in [0.1, 0.15) is 13.8 Å². The van der Waals surface area contributed by atoms with Gasteiger partial charge in [-0.2, -0.15) is 0 Å². The van der Waals surface area contributed by atoms with Crippen LogP contribution in [0.15, 0.2) is 40.8 Å². The maximum Gasteiger partial charge on any atom is 0.242 e. The molecule has 0 saturated heterocycles. The van der Waals surface area contributed by atoms with Crippen molar-refractivity contribution < 1.29 is 8.42 Å². The van der Waals surface area contributed by atoms with Crippen molar-refractivity contribution in [3.05, 3.63) is 35.9 Å². The minimum absolute atomic E-state index is 0.122. The van der Waals surface area contributed by atoms with Gasteiger partial charge in [0.05, 0.1) is 5.69 Å². The second-order valence-corrected chi connectivity index (χ2v) is 5.41. The summed E-state index contributed by atoms with van der Waals surface area (Å²) in [6.07, 6.45) is 1.80. The Balaban J connectivity index is 2.87. The van der Waals surface area contributed by atoms with E-state index in [0.29, 0.717) is 0 Å². The molecule has 0 heterocycles. The van der Waals surface area contributed by atoms with Crippen molar-refractivity contribution in [3.63, 3.8) is 0 Å². The summed E-state index contributed by atoms with van der Waals surface area (Å²) in [6.45, 7) is 4.09. The summed E-state index contributed by atoms with van der Waals surface area (Å²) in [5.41, 5.74) is 6.92. The second kappa shape index (κ2) is 5.14.